The van der Waals surface area contributed by atoms with Crippen LogP contribution in [0.25, 0.3) is 28.7 Å². The Morgan fingerprint density at radius 1 is 0.889 bits per heavy atom. The van der Waals surface area contributed by atoms with Crippen molar-refractivity contribution in [3.8, 4) is 11.4 Å². The number of halogens is 1. The number of phenols is 1. The molecule has 0 atom stereocenters. The molecule has 0 aliphatic rings. The molecule has 1 N–H and O–H groups in total. The molecule has 132 valence electrons. The van der Waals surface area contributed by atoms with Gasteiger partial charge in [-0.25, -0.2) is 9.37 Å². The van der Waals surface area contributed by atoms with E-state index in [1.165, 1.54) is 22.8 Å². The molecule has 0 saturated heterocycles. The standard InChI is InChI=1S/C22H15FN2O2/c23-16-12-9-15(10-13-16)11-14-21-24-18-6-2-1-5-17(18)22(27)25(21)19-7-3-4-8-20(19)26/h1-14,26H/b14-11+. The molecule has 0 spiro atoms. The monoisotopic (exact) mass is 358 g/mol. The van der Waals surface area contributed by atoms with E-state index < -0.39 is 0 Å². The van der Waals surface area contributed by atoms with Gasteiger partial charge in [-0.1, -0.05) is 42.5 Å². The Kier molecular flexibility index (Phi) is 4.26. The molecule has 5 heteroatoms. The Morgan fingerprint density at radius 2 is 1.59 bits per heavy atom. The lowest BCUT2D eigenvalue weighted by Crippen LogP contribution is -2.22. The molecule has 0 bridgehead atoms. The van der Waals surface area contributed by atoms with E-state index in [1.54, 1.807) is 60.7 Å². The van der Waals surface area contributed by atoms with Crippen molar-refractivity contribution in [3.63, 3.8) is 0 Å². The minimum absolute atomic E-state index is 0.0203. The van der Waals surface area contributed by atoms with Crippen LogP contribution < -0.4 is 5.56 Å². The van der Waals surface area contributed by atoms with Gasteiger partial charge in [-0.3, -0.25) is 9.36 Å². The number of hydrogen-bond donors (Lipinski definition) is 1. The van der Waals surface area contributed by atoms with Crippen LogP contribution in [-0.4, -0.2) is 14.7 Å². The van der Waals surface area contributed by atoms with Crippen LogP contribution in [0, 0.1) is 5.82 Å². The van der Waals surface area contributed by atoms with Gasteiger partial charge in [0.05, 0.1) is 16.6 Å². The molecule has 0 amide bonds. The average molecular weight is 358 g/mol. The Labute approximate surface area is 154 Å². The first-order chi connectivity index (χ1) is 13.1. The molecule has 27 heavy (non-hydrogen) atoms. The van der Waals surface area contributed by atoms with E-state index in [0.717, 1.165) is 5.56 Å². The summed E-state index contributed by atoms with van der Waals surface area (Å²) in [5.74, 6) is 0.0275. The molecule has 0 unspecified atom stereocenters. The molecule has 4 nitrogen and oxygen atoms in total. The molecule has 0 aliphatic heterocycles. The minimum Gasteiger partial charge on any atom is -0.506 e. The third-order valence-corrected chi connectivity index (χ3v) is 4.22. The highest BCUT2D eigenvalue weighted by Gasteiger charge is 2.13. The fourth-order valence-corrected chi connectivity index (χ4v) is 2.89. The maximum atomic E-state index is 13.1. The second kappa shape index (κ2) is 6.88. The predicted molar refractivity (Wildman–Crippen MR) is 104 cm³/mol. The molecule has 1 heterocycles. The Morgan fingerprint density at radius 3 is 2.37 bits per heavy atom. The summed E-state index contributed by atoms with van der Waals surface area (Å²) < 4.78 is 14.5. The van der Waals surface area contributed by atoms with E-state index >= 15 is 0 Å². The largest absolute Gasteiger partial charge is 0.506 e. The first-order valence-electron chi connectivity index (χ1n) is 8.37. The summed E-state index contributed by atoms with van der Waals surface area (Å²) in [7, 11) is 0. The lowest BCUT2D eigenvalue weighted by Gasteiger charge is -2.12. The summed E-state index contributed by atoms with van der Waals surface area (Å²) in [5, 5.41) is 10.7. The summed E-state index contributed by atoms with van der Waals surface area (Å²) in [4.78, 5) is 17.7. The molecule has 0 radical (unpaired) electrons. The summed E-state index contributed by atoms with van der Waals surface area (Å²) in [6, 6.07) is 19.7. The van der Waals surface area contributed by atoms with E-state index in [4.69, 9.17) is 0 Å². The molecule has 0 fully saturated rings. The van der Waals surface area contributed by atoms with Crippen LogP contribution in [0.1, 0.15) is 11.4 Å². The van der Waals surface area contributed by atoms with Crippen molar-refractivity contribution in [2.75, 3.05) is 0 Å². The predicted octanol–water partition coefficient (Wildman–Crippen LogP) is 4.40. The van der Waals surface area contributed by atoms with Crippen LogP contribution >= 0.6 is 0 Å². The highest BCUT2D eigenvalue weighted by Crippen LogP contribution is 2.22. The van der Waals surface area contributed by atoms with Crippen LogP contribution in [-0.2, 0) is 0 Å². The van der Waals surface area contributed by atoms with Crippen molar-refractivity contribution in [3.05, 3.63) is 100 Å². The van der Waals surface area contributed by atoms with Crippen molar-refractivity contribution in [1.82, 2.24) is 9.55 Å². The fraction of sp³-hybridized carbons (Fsp3) is 0. The Bertz CT molecular complexity index is 1210. The normalized spacial score (nSPS) is 11.3. The first kappa shape index (κ1) is 16.7. The van der Waals surface area contributed by atoms with E-state index in [2.05, 4.69) is 4.98 Å². The average Bonchev–Trinajstić information content (AvgIpc) is 2.69. The van der Waals surface area contributed by atoms with Crippen LogP contribution in [0.2, 0.25) is 0 Å². The fourth-order valence-electron chi connectivity index (χ4n) is 2.89. The molecule has 4 rings (SSSR count). The van der Waals surface area contributed by atoms with Crippen molar-refractivity contribution >= 4 is 23.1 Å². The molecule has 4 aromatic rings. The molecular weight excluding hydrogens is 343 g/mol. The minimum atomic E-state index is -0.318. The maximum absolute atomic E-state index is 13.1. The number of nitrogens with zero attached hydrogens (tertiary/aromatic N) is 2. The van der Waals surface area contributed by atoms with Crippen LogP contribution in [0.3, 0.4) is 0 Å². The summed E-state index contributed by atoms with van der Waals surface area (Å²) in [5.41, 5.74) is 1.40. The van der Waals surface area contributed by atoms with Gasteiger partial charge in [-0.05, 0) is 48.0 Å². The molecule has 1 aromatic heterocycles. The summed E-state index contributed by atoms with van der Waals surface area (Å²) in [6.07, 6.45) is 3.42. The Balaban J connectivity index is 1.95. The smallest absolute Gasteiger partial charge is 0.266 e. The van der Waals surface area contributed by atoms with Crippen molar-refractivity contribution in [2.24, 2.45) is 0 Å². The van der Waals surface area contributed by atoms with Gasteiger partial charge >= 0.3 is 0 Å². The number of fused-ring (bicyclic) bond motifs is 1. The van der Waals surface area contributed by atoms with Gasteiger partial charge < -0.3 is 5.11 Å². The number of benzene rings is 3. The lowest BCUT2D eigenvalue weighted by molar-refractivity contribution is 0.471. The van der Waals surface area contributed by atoms with Gasteiger partial charge in [-0.2, -0.15) is 0 Å². The van der Waals surface area contributed by atoms with Gasteiger partial charge in [0.15, 0.2) is 0 Å². The zero-order valence-corrected chi connectivity index (χ0v) is 14.2. The zero-order chi connectivity index (χ0) is 18.8. The Hall–Kier alpha value is -3.73. The molecule has 0 aliphatic carbocycles. The van der Waals surface area contributed by atoms with Crippen molar-refractivity contribution < 1.29 is 9.50 Å². The van der Waals surface area contributed by atoms with Gasteiger partial charge in [0.2, 0.25) is 0 Å². The number of hydrogen-bond acceptors (Lipinski definition) is 3. The van der Waals surface area contributed by atoms with Crippen LogP contribution in [0.15, 0.2) is 77.6 Å². The highest BCUT2D eigenvalue weighted by atomic mass is 19.1. The first-order valence-corrected chi connectivity index (χ1v) is 8.37. The number of aromatic nitrogens is 2. The zero-order valence-electron chi connectivity index (χ0n) is 14.2. The second-order valence-electron chi connectivity index (χ2n) is 6.00. The van der Waals surface area contributed by atoms with Gasteiger partial charge in [0.25, 0.3) is 5.56 Å². The highest BCUT2D eigenvalue weighted by molar-refractivity contribution is 5.80. The quantitative estimate of drug-likeness (QED) is 0.590. The number of para-hydroxylation sites is 3. The number of aromatic hydroxyl groups is 1. The molecule has 0 saturated carbocycles. The van der Waals surface area contributed by atoms with E-state index in [-0.39, 0.29) is 17.1 Å². The SMILES string of the molecule is O=c1c2ccccc2nc(/C=C/c2ccc(F)cc2)n1-c1ccccc1O. The van der Waals surface area contributed by atoms with Gasteiger partial charge in [0, 0.05) is 0 Å². The number of rotatable bonds is 3. The van der Waals surface area contributed by atoms with Gasteiger partial charge in [-0.15, -0.1) is 0 Å². The molecule has 3 aromatic carbocycles. The lowest BCUT2D eigenvalue weighted by atomic mass is 10.2. The third-order valence-electron chi connectivity index (χ3n) is 4.22. The molecular formula is C22H15FN2O2. The topological polar surface area (TPSA) is 55.1 Å². The second-order valence-corrected chi connectivity index (χ2v) is 6.00. The summed E-state index contributed by atoms with van der Waals surface area (Å²) in [6.45, 7) is 0. The summed E-state index contributed by atoms with van der Waals surface area (Å²) >= 11 is 0. The third kappa shape index (κ3) is 3.22. The van der Waals surface area contributed by atoms with E-state index in [9.17, 15) is 14.3 Å². The van der Waals surface area contributed by atoms with Crippen molar-refractivity contribution in [1.29, 1.82) is 0 Å². The van der Waals surface area contributed by atoms with E-state index in [1.807, 2.05) is 6.07 Å². The maximum Gasteiger partial charge on any atom is 0.266 e. The number of phenolic OH excluding ortho intramolecular Hbond substituents is 1. The van der Waals surface area contributed by atoms with Crippen molar-refractivity contribution in [2.45, 2.75) is 0 Å². The van der Waals surface area contributed by atoms with Crippen LogP contribution in [0.5, 0.6) is 5.75 Å². The van der Waals surface area contributed by atoms with Gasteiger partial charge in [0.1, 0.15) is 17.4 Å². The van der Waals surface area contributed by atoms with Crippen LogP contribution in [0.4, 0.5) is 4.39 Å². The van der Waals surface area contributed by atoms with E-state index in [0.29, 0.717) is 22.4 Å².